The van der Waals surface area contributed by atoms with Gasteiger partial charge in [0.25, 0.3) is 0 Å². The van der Waals surface area contributed by atoms with Crippen LogP contribution in [0.25, 0.3) is 10.2 Å². The second-order valence-electron chi connectivity index (χ2n) is 4.76. The Kier molecular flexibility index (Phi) is 5.40. The summed E-state index contributed by atoms with van der Waals surface area (Å²) in [5, 5.41) is 5.44. The molecule has 1 N–H and O–H groups in total. The third-order valence-corrected chi connectivity index (χ3v) is 5.69. The van der Waals surface area contributed by atoms with Crippen LogP contribution in [0.2, 0.25) is 10.0 Å². The Balaban J connectivity index is 1.82. The van der Waals surface area contributed by atoms with E-state index in [1.54, 1.807) is 18.2 Å². The molecule has 0 spiro atoms. The van der Waals surface area contributed by atoms with E-state index in [0.29, 0.717) is 20.8 Å². The molecule has 1 heterocycles. The molecule has 0 saturated carbocycles. The Hall–Kier alpha value is -1.60. The van der Waals surface area contributed by atoms with Gasteiger partial charge in [0.1, 0.15) is 0 Å². The first-order chi connectivity index (χ1) is 11.5. The van der Waals surface area contributed by atoms with Crippen LogP contribution in [0.4, 0.5) is 5.69 Å². The summed E-state index contributed by atoms with van der Waals surface area (Å²) in [4.78, 5) is 16.4. The average molecular weight is 396 g/mol. The first-order valence-electron chi connectivity index (χ1n) is 6.86. The summed E-state index contributed by atoms with van der Waals surface area (Å²) in [5.41, 5.74) is 4.29. The number of hydrogen-bond acceptors (Lipinski definition) is 6. The number of nitrogens with zero attached hydrogens (tertiary/aromatic N) is 2. The molecule has 0 amide bonds. The molecule has 1 aromatic heterocycles. The van der Waals surface area contributed by atoms with E-state index >= 15 is 0 Å². The zero-order valence-electron chi connectivity index (χ0n) is 12.4. The molecule has 0 aliphatic rings. The predicted octanol–water partition coefficient (Wildman–Crippen LogP) is 5.71. The van der Waals surface area contributed by atoms with Gasteiger partial charge in [0.15, 0.2) is 15.2 Å². The number of carbonyl (C=O) groups is 1. The van der Waals surface area contributed by atoms with Gasteiger partial charge in [0.2, 0.25) is 0 Å². The van der Waals surface area contributed by atoms with Crippen molar-refractivity contribution in [2.75, 3.05) is 5.43 Å². The van der Waals surface area contributed by atoms with E-state index < -0.39 is 0 Å². The molecule has 0 fully saturated rings. The molecular formula is C16H11Cl2N3OS2. The summed E-state index contributed by atoms with van der Waals surface area (Å²) >= 11 is 14.7. The number of carbonyl (C=O) groups excluding carboxylic acids is 1. The smallest absolute Gasteiger partial charge is 0.186 e. The predicted molar refractivity (Wildman–Crippen MR) is 104 cm³/mol. The Labute approximate surface area is 156 Å². The number of benzene rings is 2. The van der Waals surface area contributed by atoms with Gasteiger partial charge < -0.3 is 0 Å². The normalized spacial score (nSPS) is 11.7. The number of thiazole rings is 1. The maximum Gasteiger partial charge on any atom is 0.186 e. The maximum atomic E-state index is 11.9. The molecule has 3 aromatic rings. The largest absolute Gasteiger partial charge is 0.292 e. The molecule has 2 aromatic carbocycles. The van der Waals surface area contributed by atoms with Crippen molar-refractivity contribution in [2.24, 2.45) is 5.10 Å². The number of ketones is 1. The number of para-hydroxylation sites is 1. The molecule has 0 saturated heterocycles. The fourth-order valence-corrected chi connectivity index (χ4v) is 4.21. The highest BCUT2D eigenvalue weighted by atomic mass is 35.5. The molecule has 0 atom stereocenters. The van der Waals surface area contributed by atoms with Gasteiger partial charge in [-0.2, -0.15) is 5.10 Å². The van der Waals surface area contributed by atoms with E-state index in [-0.39, 0.29) is 5.78 Å². The highest BCUT2D eigenvalue weighted by Gasteiger charge is 2.13. The highest BCUT2D eigenvalue weighted by Crippen LogP contribution is 2.31. The number of halogens is 2. The van der Waals surface area contributed by atoms with Crippen molar-refractivity contribution in [1.29, 1.82) is 0 Å². The summed E-state index contributed by atoms with van der Waals surface area (Å²) in [5.74, 6) is -0.156. The van der Waals surface area contributed by atoms with Crippen LogP contribution in [-0.2, 0) is 4.79 Å². The van der Waals surface area contributed by atoms with E-state index in [1.807, 2.05) is 24.3 Å². The number of fused-ring (bicyclic) bond motifs is 1. The minimum absolute atomic E-state index is 0.156. The van der Waals surface area contributed by atoms with Gasteiger partial charge >= 0.3 is 0 Å². The fraction of sp³-hybridized carbons (Fsp3) is 0.0625. The SMILES string of the molecule is CC(=O)C(=NNc1ccc(Cl)cc1Cl)Sc1nc2ccccc2s1. The minimum Gasteiger partial charge on any atom is -0.292 e. The van der Waals surface area contributed by atoms with Crippen LogP contribution in [0.3, 0.4) is 0 Å². The van der Waals surface area contributed by atoms with Gasteiger partial charge in [-0.3, -0.25) is 10.2 Å². The van der Waals surface area contributed by atoms with Gasteiger partial charge in [-0.1, -0.05) is 35.3 Å². The molecule has 8 heteroatoms. The van der Waals surface area contributed by atoms with E-state index in [2.05, 4.69) is 15.5 Å². The number of rotatable bonds is 4. The van der Waals surface area contributed by atoms with Gasteiger partial charge in [0, 0.05) is 11.9 Å². The highest BCUT2D eigenvalue weighted by molar-refractivity contribution is 8.17. The Morgan fingerprint density at radius 3 is 2.75 bits per heavy atom. The number of Topliss-reactive ketones (excluding diaryl/α,β-unsaturated/α-hetero) is 1. The number of aromatic nitrogens is 1. The van der Waals surface area contributed by atoms with Crippen LogP contribution < -0.4 is 5.43 Å². The van der Waals surface area contributed by atoms with E-state index in [4.69, 9.17) is 23.2 Å². The quantitative estimate of drug-likeness (QED) is 0.266. The monoisotopic (exact) mass is 395 g/mol. The van der Waals surface area contributed by atoms with Crippen molar-refractivity contribution in [1.82, 2.24) is 4.98 Å². The van der Waals surface area contributed by atoms with Crippen molar-refractivity contribution in [3.8, 4) is 0 Å². The van der Waals surface area contributed by atoms with Crippen LogP contribution in [0.5, 0.6) is 0 Å². The van der Waals surface area contributed by atoms with Gasteiger partial charge in [0.05, 0.1) is 20.9 Å². The second-order valence-corrected chi connectivity index (χ2v) is 7.87. The number of anilines is 1. The lowest BCUT2D eigenvalue weighted by molar-refractivity contribution is -0.110. The summed E-state index contributed by atoms with van der Waals surface area (Å²) in [6.45, 7) is 1.46. The number of thioether (sulfide) groups is 1. The zero-order chi connectivity index (χ0) is 17.1. The molecule has 3 rings (SSSR count). The summed E-state index contributed by atoms with van der Waals surface area (Å²) in [6, 6.07) is 12.8. The molecule has 0 bridgehead atoms. The molecular weight excluding hydrogens is 385 g/mol. The molecule has 4 nitrogen and oxygen atoms in total. The van der Waals surface area contributed by atoms with Gasteiger partial charge in [-0.15, -0.1) is 11.3 Å². The molecule has 0 aliphatic heterocycles. The van der Waals surface area contributed by atoms with Crippen molar-refractivity contribution < 1.29 is 4.79 Å². The lowest BCUT2D eigenvalue weighted by Gasteiger charge is -2.05. The van der Waals surface area contributed by atoms with E-state index in [1.165, 1.54) is 30.0 Å². The zero-order valence-corrected chi connectivity index (χ0v) is 15.6. The van der Waals surface area contributed by atoms with Crippen molar-refractivity contribution in [3.63, 3.8) is 0 Å². The summed E-state index contributed by atoms with van der Waals surface area (Å²) in [6.07, 6.45) is 0. The maximum absolute atomic E-state index is 11.9. The Morgan fingerprint density at radius 2 is 2.04 bits per heavy atom. The number of hydrazone groups is 1. The van der Waals surface area contributed by atoms with Crippen molar-refractivity contribution >= 4 is 73.0 Å². The number of nitrogens with one attached hydrogen (secondary N) is 1. The lowest BCUT2D eigenvalue weighted by atomic mass is 10.3. The van der Waals surface area contributed by atoms with Crippen LogP contribution >= 0.6 is 46.3 Å². The van der Waals surface area contributed by atoms with Crippen LogP contribution in [0.1, 0.15) is 6.92 Å². The van der Waals surface area contributed by atoms with E-state index in [0.717, 1.165) is 14.6 Å². The molecule has 0 radical (unpaired) electrons. The number of hydrogen-bond donors (Lipinski definition) is 1. The fourth-order valence-electron chi connectivity index (χ4n) is 1.84. The molecule has 122 valence electrons. The Morgan fingerprint density at radius 1 is 1.25 bits per heavy atom. The third-order valence-electron chi connectivity index (χ3n) is 2.97. The average Bonchev–Trinajstić information content (AvgIpc) is 2.95. The second kappa shape index (κ2) is 7.53. The Bertz CT molecular complexity index is 907. The van der Waals surface area contributed by atoms with Crippen LogP contribution in [0.15, 0.2) is 51.9 Å². The van der Waals surface area contributed by atoms with E-state index in [9.17, 15) is 4.79 Å². The first-order valence-corrected chi connectivity index (χ1v) is 9.25. The topological polar surface area (TPSA) is 54.4 Å². The van der Waals surface area contributed by atoms with Crippen molar-refractivity contribution in [2.45, 2.75) is 11.3 Å². The summed E-state index contributed by atoms with van der Waals surface area (Å²) in [7, 11) is 0. The molecule has 0 aliphatic carbocycles. The van der Waals surface area contributed by atoms with Crippen molar-refractivity contribution in [3.05, 3.63) is 52.5 Å². The minimum atomic E-state index is -0.156. The standard InChI is InChI=1S/C16H11Cl2N3OS2/c1-9(22)15(21-20-12-7-6-10(17)8-11(12)18)24-16-19-13-4-2-3-5-14(13)23-16/h2-8,20H,1H3. The third kappa shape index (κ3) is 4.08. The van der Waals surface area contributed by atoms with Crippen LogP contribution in [-0.4, -0.2) is 15.8 Å². The molecule has 0 unspecified atom stereocenters. The lowest BCUT2D eigenvalue weighted by Crippen LogP contribution is -2.08. The first kappa shape index (κ1) is 17.2. The van der Waals surface area contributed by atoms with Crippen LogP contribution in [0, 0.1) is 0 Å². The summed E-state index contributed by atoms with van der Waals surface area (Å²) < 4.78 is 1.82. The molecule has 24 heavy (non-hydrogen) atoms. The van der Waals surface area contributed by atoms with Gasteiger partial charge in [-0.05, 0) is 42.1 Å². The van der Waals surface area contributed by atoms with Gasteiger partial charge in [-0.25, -0.2) is 4.98 Å².